The molecule has 1 aliphatic rings. The number of sulfone groups is 1. The Morgan fingerprint density at radius 3 is 2.39 bits per heavy atom. The Labute approximate surface area is 177 Å². The number of rotatable bonds is 4. The van der Waals surface area contributed by atoms with E-state index in [1.54, 1.807) is 0 Å². The molecule has 168 valence electrons. The molecule has 14 heteroatoms. The highest BCUT2D eigenvalue weighted by Crippen LogP contribution is 2.34. The van der Waals surface area contributed by atoms with Crippen molar-refractivity contribution in [1.29, 1.82) is 0 Å². The lowest BCUT2D eigenvalue weighted by atomic mass is 9.96. The quantitative estimate of drug-likeness (QED) is 0.565. The van der Waals surface area contributed by atoms with Crippen molar-refractivity contribution in [3.63, 3.8) is 0 Å². The van der Waals surface area contributed by atoms with Gasteiger partial charge in [-0.15, -0.1) is 15.3 Å². The molecule has 1 saturated heterocycles. The molecule has 0 aromatic carbocycles. The van der Waals surface area contributed by atoms with Gasteiger partial charge in [0.1, 0.15) is 12.4 Å². The van der Waals surface area contributed by atoms with Crippen LogP contribution in [-0.2, 0) is 28.8 Å². The molecule has 3 aromatic heterocycles. The number of alkyl halides is 2. The van der Waals surface area contributed by atoms with E-state index in [0.29, 0.717) is 28.6 Å². The molecule has 1 aliphatic heterocycles. The lowest BCUT2D eigenvalue weighted by molar-refractivity contribution is 0.0257. The van der Waals surface area contributed by atoms with Crippen molar-refractivity contribution in [2.45, 2.75) is 50.2 Å². The number of hydrogen-bond donors (Lipinski definition) is 0. The van der Waals surface area contributed by atoms with Crippen molar-refractivity contribution in [3.05, 3.63) is 11.6 Å². The summed E-state index contributed by atoms with van der Waals surface area (Å²) in [5.41, 5.74) is 0.208. The summed E-state index contributed by atoms with van der Waals surface area (Å²) in [6, 6.07) is 0. The second kappa shape index (κ2) is 6.87. The molecule has 0 amide bonds. The Morgan fingerprint density at radius 1 is 1.13 bits per heavy atom. The number of hydrogen-bond acceptors (Lipinski definition) is 9. The second-order valence-electron chi connectivity index (χ2n) is 8.80. The van der Waals surface area contributed by atoms with E-state index < -0.39 is 27.7 Å². The minimum atomic E-state index is -3.55. The molecule has 4 rings (SSSR count). The Balaban J connectivity index is 1.82. The Bertz CT molecular complexity index is 1260. The van der Waals surface area contributed by atoms with Crippen LogP contribution >= 0.6 is 0 Å². The third kappa shape index (κ3) is 3.95. The molecule has 0 aliphatic carbocycles. The topological polar surface area (TPSA) is 125 Å². The molecule has 0 atom stereocenters. The zero-order valence-electron chi connectivity index (χ0n) is 17.8. The highest BCUT2D eigenvalue weighted by atomic mass is 32.2. The van der Waals surface area contributed by atoms with E-state index in [4.69, 9.17) is 0 Å². The largest absolute Gasteiger partial charge is 0.348 e. The van der Waals surface area contributed by atoms with Gasteiger partial charge < -0.3 is 9.47 Å². The summed E-state index contributed by atoms with van der Waals surface area (Å²) >= 11 is 0. The van der Waals surface area contributed by atoms with Crippen LogP contribution in [0.2, 0.25) is 0 Å². The smallest absolute Gasteiger partial charge is 0.266 e. The van der Waals surface area contributed by atoms with E-state index in [1.165, 1.54) is 21.2 Å². The van der Waals surface area contributed by atoms with Crippen molar-refractivity contribution in [1.82, 2.24) is 39.7 Å². The van der Waals surface area contributed by atoms with Gasteiger partial charge in [-0.3, -0.25) is 0 Å². The summed E-state index contributed by atoms with van der Waals surface area (Å²) in [6.07, 6.45) is 0.789. The van der Waals surface area contributed by atoms with Crippen LogP contribution < -0.4 is 4.90 Å². The standard InChI is InChI=1S/C17H23F2N9O2S/c1-16(2,3)14-20-12(27-7-6-17(18,19)9-27)11-13(21-14)28(25-23-11)8-10-22-24-15(26(10)4)31(5,29)30/h6-9H2,1-5H3. The normalized spacial score (nSPS) is 17.1. The molecule has 0 saturated carbocycles. The summed E-state index contributed by atoms with van der Waals surface area (Å²) in [7, 11) is -2.01. The summed E-state index contributed by atoms with van der Waals surface area (Å²) < 4.78 is 54.2. The fourth-order valence-electron chi connectivity index (χ4n) is 3.36. The van der Waals surface area contributed by atoms with Gasteiger partial charge in [0.2, 0.25) is 15.0 Å². The zero-order valence-corrected chi connectivity index (χ0v) is 18.7. The van der Waals surface area contributed by atoms with Crippen LogP contribution in [0.4, 0.5) is 14.6 Å². The fraction of sp³-hybridized carbons (Fsp3) is 0.647. The third-order valence-electron chi connectivity index (χ3n) is 5.03. The first-order chi connectivity index (χ1) is 14.3. The molecular weight excluding hydrogens is 432 g/mol. The minimum absolute atomic E-state index is 0.0473. The molecule has 0 radical (unpaired) electrons. The summed E-state index contributed by atoms with van der Waals surface area (Å²) in [4.78, 5) is 10.6. The molecule has 3 aromatic rings. The van der Waals surface area contributed by atoms with Crippen molar-refractivity contribution < 1.29 is 17.2 Å². The van der Waals surface area contributed by atoms with Crippen LogP contribution in [0.15, 0.2) is 5.16 Å². The van der Waals surface area contributed by atoms with Gasteiger partial charge in [-0.1, -0.05) is 26.0 Å². The van der Waals surface area contributed by atoms with Crippen LogP contribution in [-0.4, -0.2) is 73.4 Å². The molecule has 0 spiro atoms. The highest BCUT2D eigenvalue weighted by molar-refractivity contribution is 7.90. The molecule has 0 N–H and O–H groups in total. The molecular formula is C17H23F2N9O2S. The Hall–Kier alpha value is -2.77. The first kappa shape index (κ1) is 21.5. The maximum atomic E-state index is 13.9. The Kier molecular flexibility index (Phi) is 4.75. The zero-order chi connectivity index (χ0) is 22.8. The van der Waals surface area contributed by atoms with Crippen molar-refractivity contribution in [2.24, 2.45) is 7.05 Å². The van der Waals surface area contributed by atoms with Crippen molar-refractivity contribution in [3.8, 4) is 0 Å². The van der Waals surface area contributed by atoms with Crippen molar-refractivity contribution in [2.75, 3.05) is 24.2 Å². The lowest BCUT2D eigenvalue weighted by Crippen LogP contribution is -2.27. The number of nitrogens with zero attached hydrogens (tertiary/aromatic N) is 9. The molecule has 31 heavy (non-hydrogen) atoms. The van der Waals surface area contributed by atoms with E-state index >= 15 is 0 Å². The number of anilines is 1. The molecule has 11 nitrogen and oxygen atoms in total. The van der Waals surface area contributed by atoms with E-state index in [-0.39, 0.29) is 24.7 Å². The maximum Gasteiger partial charge on any atom is 0.266 e. The van der Waals surface area contributed by atoms with Gasteiger partial charge in [0.15, 0.2) is 22.8 Å². The highest BCUT2D eigenvalue weighted by Gasteiger charge is 2.40. The van der Waals surface area contributed by atoms with Gasteiger partial charge in [-0.05, 0) is 0 Å². The average molecular weight is 455 g/mol. The first-order valence-corrected chi connectivity index (χ1v) is 11.5. The van der Waals surface area contributed by atoms with Gasteiger partial charge in [-0.2, -0.15) is 0 Å². The van der Waals surface area contributed by atoms with E-state index in [9.17, 15) is 17.2 Å². The van der Waals surface area contributed by atoms with Gasteiger partial charge in [0, 0.05) is 31.7 Å². The molecule has 0 unspecified atom stereocenters. The third-order valence-corrected chi connectivity index (χ3v) is 6.05. The summed E-state index contributed by atoms with van der Waals surface area (Å²) in [5, 5.41) is 15.8. The molecule has 4 heterocycles. The predicted octanol–water partition coefficient (Wildman–Crippen LogP) is 0.944. The number of aromatic nitrogens is 8. The van der Waals surface area contributed by atoms with E-state index in [0.717, 1.165) is 6.26 Å². The van der Waals surface area contributed by atoms with E-state index in [2.05, 4.69) is 30.5 Å². The van der Waals surface area contributed by atoms with Gasteiger partial charge >= 0.3 is 0 Å². The summed E-state index contributed by atoms with van der Waals surface area (Å²) in [6.45, 7) is 5.52. The molecule has 1 fully saturated rings. The van der Waals surface area contributed by atoms with Gasteiger partial charge in [-0.25, -0.2) is 31.8 Å². The van der Waals surface area contributed by atoms with Gasteiger partial charge in [0.05, 0.1) is 6.54 Å². The van der Waals surface area contributed by atoms with Crippen LogP contribution in [0.3, 0.4) is 0 Å². The predicted molar refractivity (Wildman–Crippen MR) is 107 cm³/mol. The van der Waals surface area contributed by atoms with E-state index in [1.807, 2.05) is 20.8 Å². The Morgan fingerprint density at radius 2 is 1.84 bits per heavy atom. The average Bonchev–Trinajstić information content (AvgIpc) is 3.31. The minimum Gasteiger partial charge on any atom is -0.348 e. The van der Waals surface area contributed by atoms with Crippen molar-refractivity contribution >= 4 is 26.8 Å². The summed E-state index contributed by atoms with van der Waals surface area (Å²) in [5.74, 6) is -1.69. The van der Waals surface area contributed by atoms with Crippen LogP contribution in [0, 0.1) is 0 Å². The van der Waals surface area contributed by atoms with Crippen LogP contribution in [0.5, 0.6) is 0 Å². The fourth-order valence-corrected chi connectivity index (χ4v) is 4.15. The first-order valence-electron chi connectivity index (χ1n) is 9.59. The monoisotopic (exact) mass is 455 g/mol. The maximum absolute atomic E-state index is 13.9. The van der Waals surface area contributed by atoms with Crippen LogP contribution in [0.1, 0.15) is 38.8 Å². The lowest BCUT2D eigenvalue weighted by Gasteiger charge is -2.22. The number of fused-ring (bicyclic) bond motifs is 1. The van der Waals surface area contributed by atoms with Gasteiger partial charge in [0.25, 0.3) is 5.92 Å². The second-order valence-corrected chi connectivity index (χ2v) is 10.7. The van der Waals surface area contributed by atoms with Crippen LogP contribution in [0.25, 0.3) is 11.2 Å². The molecule has 0 bridgehead atoms. The number of halogens is 2. The SMILES string of the molecule is Cn1c(Cn2nnc3c(N4CCC(F)(F)C4)nc(C(C)(C)C)nc32)nnc1S(C)(=O)=O.